The molecule has 2 aromatic rings. The molecule has 0 unspecified atom stereocenters. The summed E-state index contributed by atoms with van der Waals surface area (Å²) in [5, 5.41) is 0. The van der Waals surface area contributed by atoms with Crippen LogP contribution in [0.15, 0.2) is 48.5 Å². The van der Waals surface area contributed by atoms with Crippen molar-refractivity contribution in [3.05, 3.63) is 48.5 Å². The van der Waals surface area contributed by atoms with Gasteiger partial charge < -0.3 is 10.5 Å². The Hall–Kier alpha value is -1.96. The number of nitrogen functional groups attached to an aromatic ring is 1. The van der Waals surface area contributed by atoms with Gasteiger partial charge in [0.25, 0.3) is 0 Å². The van der Waals surface area contributed by atoms with Crippen molar-refractivity contribution in [3.8, 4) is 16.9 Å². The molecule has 88 valence electrons. The van der Waals surface area contributed by atoms with E-state index in [9.17, 15) is 0 Å². The van der Waals surface area contributed by atoms with Gasteiger partial charge in [-0.2, -0.15) is 0 Å². The first-order chi connectivity index (χ1) is 8.31. The molecule has 0 saturated carbocycles. The van der Waals surface area contributed by atoms with Crippen LogP contribution in [0.25, 0.3) is 11.1 Å². The molecule has 2 nitrogen and oxygen atoms in total. The molecule has 0 heterocycles. The molecule has 0 radical (unpaired) electrons. The van der Waals surface area contributed by atoms with Crippen LogP contribution >= 0.6 is 0 Å². The van der Waals surface area contributed by atoms with E-state index < -0.39 is 0 Å². The molecule has 17 heavy (non-hydrogen) atoms. The first-order valence-electron chi connectivity index (χ1n) is 5.89. The summed E-state index contributed by atoms with van der Waals surface area (Å²) in [4.78, 5) is 0. The first kappa shape index (κ1) is 11.5. The summed E-state index contributed by atoms with van der Waals surface area (Å²) in [6, 6.07) is 15.9. The average molecular weight is 227 g/mol. The van der Waals surface area contributed by atoms with E-state index in [1.807, 2.05) is 42.5 Å². The molecule has 0 saturated heterocycles. The Morgan fingerprint density at radius 2 is 1.71 bits per heavy atom. The van der Waals surface area contributed by atoms with Crippen LogP contribution in [-0.2, 0) is 0 Å². The summed E-state index contributed by atoms with van der Waals surface area (Å²) in [6.07, 6.45) is 1.01. The summed E-state index contributed by atoms with van der Waals surface area (Å²) in [6.45, 7) is 2.85. The van der Waals surface area contributed by atoms with Gasteiger partial charge in [-0.15, -0.1) is 0 Å². The van der Waals surface area contributed by atoms with E-state index in [1.54, 1.807) is 0 Å². The average Bonchev–Trinajstić information content (AvgIpc) is 2.38. The van der Waals surface area contributed by atoms with Crippen LogP contribution < -0.4 is 10.5 Å². The Bertz CT molecular complexity index is 477. The van der Waals surface area contributed by atoms with E-state index >= 15 is 0 Å². The molecule has 2 aromatic carbocycles. The second kappa shape index (κ2) is 5.39. The maximum atomic E-state index is 5.74. The zero-order valence-electron chi connectivity index (χ0n) is 10.0. The molecular weight excluding hydrogens is 210 g/mol. The maximum Gasteiger partial charge on any atom is 0.127 e. The van der Waals surface area contributed by atoms with Crippen LogP contribution in [-0.4, -0.2) is 6.61 Å². The van der Waals surface area contributed by atoms with E-state index in [0.29, 0.717) is 0 Å². The molecule has 0 aliphatic carbocycles. The van der Waals surface area contributed by atoms with Gasteiger partial charge in [0.15, 0.2) is 0 Å². The largest absolute Gasteiger partial charge is 0.493 e. The molecule has 0 fully saturated rings. The molecule has 0 aromatic heterocycles. The number of benzene rings is 2. The zero-order valence-corrected chi connectivity index (χ0v) is 10.0. The fourth-order valence-electron chi connectivity index (χ4n) is 1.71. The van der Waals surface area contributed by atoms with Crippen LogP contribution in [0.1, 0.15) is 13.3 Å². The van der Waals surface area contributed by atoms with Gasteiger partial charge >= 0.3 is 0 Å². The van der Waals surface area contributed by atoms with Crippen molar-refractivity contribution in [2.75, 3.05) is 12.3 Å². The van der Waals surface area contributed by atoms with Crippen molar-refractivity contribution in [2.45, 2.75) is 13.3 Å². The van der Waals surface area contributed by atoms with Crippen molar-refractivity contribution in [2.24, 2.45) is 0 Å². The predicted octanol–water partition coefficient (Wildman–Crippen LogP) is 3.72. The second-order valence-corrected chi connectivity index (χ2v) is 3.97. The lowest BCUT2D eigenvalue weighted by Gasteiger charge is -2.10. The molecule has 0 amide bonds. The van der Waals surface area contributed by atoms with Crippen molar-refractivity contribution in [1.82, 2.24) is 0 Å². The highest BCUT2D eigenvalue weighted by molar-refractivity contribution is 5.71. The SMILES string of the molecule is CCCOc1ccccc1-c1ccc(N)cc1. The fourth-order valence-corrected chi connectivity index (χ4v) is 1.71. The zero-order chi connectivity index (χ0) is 12.1. The molecular formula is C15H17NO. The van der Waals surface area contributed by atoms with E-state index in [0.717, 1.165) is 35.6 Å². The van der Waals surface area contributed by atoms with Gasteiger partial charge in [0.2, 0.25) is 0 Å². The lowest BCUT2D eigenvalue weighted by Crippen LogP contribution is -1.96. The highest BCUT2D eigenvalue weighted by Crippen LogP contribution is 2.30. The van der Waals surface area contributed by atoms with Gasteiger partial charge in [0.1, 0.15) is 5.75 Å². The van der Waals surface area contributed by atoms with Crippen molar-refractivity contribution < 1.29 is 4.74 Å². The van der Waals surface area contributed by atoms with Crippen LogP contribution in [0.3, 0.4) is 0 Å². The topological polar surface area (TPSA) is 35.2 Å². The minimum absolute atomic E-state index is 0.742. The van der Waals surface area contributed by atoms with Crippen LogP contribution in [0.4, 0.5) is 5.69 Å². The molecule has 0 atom stereocenters. The number of rotatable bonds is 4. The fraction of sp³-hybridized carbons (Fsp3) is 0.200. The smallest absolute Gasteiger partial charge is 0.127 e. The normalized spacial score (nSPS) is 10.2. The lowest BCUT2D eigenvalue weighted by molar-refractivity contribution is 0.318. The quantitative estimate of drug-likeness (QED) is 0.808. The Labute approximate surface area is 102 Å². The van der Waals surface area contributed by atoms with Crippen LogP contribution in [0.5, 0.6) is 5.75 Å². The van der Waals surface area contributed by atoms with Gasteiger partial charge in [-0.05, 0) is 30.2 Å². The molecule has 0 aliphatic heterocycles. The van der Waals surface area contributed by atoms with Crippen molar-refractivity contribution in [3.63, 3.8) is 0 Å². The predicted molar refractivity (Wildman–Crippen MR) is 72.1 cm³/mol. The molecule has 0 spiro atoms. The summed E-state index contributed by atoms with van der Waals surface area (Å²) in [5.74, 6) is 0.930. The van der Waals surface area contributed by atoms with Gasteiger partial charge in [0.05, 0.1) is 6.61 Å². The number of nitrogens with two attached hydrogens (primary N) is 1. The Kier molecular flexibility index (Phi) is 3.66. The number of para-hydroxylation sites is 1. The highest BCUT2D eigenvalue weighted by atomic mass is 16.5. The van der Waals surface area contributed by atoms with Gasteiger partial charge in [-0.1, -0.05) is 37.3 Å². The monoisotopic (exact) mass is 227 g/mol. The van der Waals surface area contributed by atoms with Crippen LogP contribution in [0.2, 0.25) is 0 Å². The van der Waals surface area contributed by atoms with E-state index in [2.05, 4.69) is 13.0 Å². The Morgan fingerprint density at radius 3 is 2.41 bits per heavy atom. The standard InChI is InChI=1S/C15H17NO/c1-2-11-17-15-6-4-3-5-14(15)12-7-9-13(16)10-8-12/h3-10H,2,11,16H2,1H3. The Morgan fingerprint density at radius 1 is 1.00 bits per heavy atom. The van der Waals surface area contributed by atoms with Gasteiger partial charge in [0, 0.05) is 11.3 Å². The van der Waals surface area contributed by atoms with Crippen molar-refractivity contribution >= 4 is 5.69 Å². The Balaban J connectivity index is 2.33. The third kappa shape index (κ3) is 2.78. The minimum atomic E-state index is 0.742. The second-order valence-electron chi connectivity index (χ2n) is 3.97. The number of hydrogen-bond donors (Lipinski definition) is 1. The van der Waals surface area contributed by atoms with Gasteiger partial charge in [-0.25, -0.2) is 0 Å². The van der Waals surface area contributed by atoms with Crippen LogP contribution in [0, 0.1) is 0 Å². The number of hydrogen-bond acceptors (Lipinski definition) is 2. The lowest BCUT2D eigenvalue weighted by atomic mass is 10.0. The third-order valence-corrected chi connectivity index (χ3v) is 2.57. The molecule has 2 N–H and O–H groups in total. The minimum Gasteiger partial charge on any atom is -0.493 e. The number of anilines is 1. The molecule has 0 aliphatic rings. The molecule has 2 rings (SSSR count). The summed E-state index contributed by atoms with van der Waals surface area (Å²) in [5.41, 5.74) is 8.71. The van der Waals surface area contributed by atoms with Crippen molar-refractivity contribution in [1.29, 1.82) is 0 Å². The van der Waals surface area contributed by atoms with E-state index in [1.165, 1.54) is 0 Å². The van der Waals surface area contributed by atoms with E-state index in [4.69, 9.17) is 10.5 Å². The summed E-state index contributed by atoms with van der Waals surface area (Å²) < 4.78 is 5.74. The molecule has 2 heteroatoms. The highest BCUT2D eigenvalue weighted by Gasteiger charge is 2.04. The van der Waals surface area contributed by atoms with E-state index in [-0.39, 0.29) is 0 Å². The number of ether oxygens (including phenoxy) is 1. The van der Waals surface area contributed by atoms with Gasteiger partial charge in [-0.3, -0.25) is 0 Å². The summed E-state index contributed by atoms with van der Waals surface area (Å²) >= 11 is 0. The molecule has 0 bridgehead atoms. The maximum absolute atomic E-state index is 5.74. The third-order valence-electron chi connectivity index (χ3n) is 2.57. The summed E-state index contributed by atoms with van der Waals surface area (Å²) in [7, 11) is 0. The first-order valence-corrected chi connectivity index (χ1v) is 5.89.